The zero-order valence-corrected chi connectivity index (χ0v) is 7.82. The number of anilines is 1. The van der Waals surface area contributed by atoms with Crippen molar-refractivity contribution in [2.75, 3.05) is 5.73 Å². The number of aromatic nitrogens is 2. The Morgan fingerprint density at radius 3 is 2.36 bits per heavy atom. The van der Waals surface area contributed by atoms with Crippen molar-refractivity contribution in [2.45, 2.75) is 5.03 Å². The first kappa shape index (κ1) is 10.5. The topological polar surface area (TPSA) is 136 Å². The molecule has 1 rings (SSSR count). The van der Waals surface area contributed by atoms with Crippen molar-refractivity contribution in [3.05, 3.63) is 5.56 Å². The summed E-state index contributed by atoms with van der Waals surface area (Å²) in [7, 11) is -3.41. The number of hydrogen-bond donors (Lipinski definition) is 3. The Balaban J connectivity index is 3.62. The molecular weight excluding hydrogens is 214 g/mol. The standard InChI is InChI=1S/C5H7N3O5S/c1-8-3(6)2(5(9)10)4(7-8)14(11,12)13/h6H2,1H3,(H,9,10)(H,11,12,13). The monoisotopic (exact) mass is 221 g/mol. The van der Waals surface area contributed by atoms with Crippen molar-refractivity contribution in [3.8, 4) is 0 Å². The molecule has 0 atom stereocenters. The Morgan fingerprint density at radius 1 is 1.57 bits per heavy atom. The fourth-order valence-corrected chi connectivity index (χ4v) is 1.57. The second kappa shape index (κ2) is 2.96. The van der Waals surface area contributed by atoms with E-state index >= 15 is 0 Å². The molecule has 8 nitrogen and oxygen atoms in total. The molecule has 9 heteroatoms. The van der Waals surface area contributed by atoms with Crippen LogP contribution >= 0.6 is 0 Å². The van der Waals surface area contributed by atoms with Crippen molar-refractivity contribution < 1.29 is 22.9 Å². The molecule has 1 aromatic heterocycles. The van der Waals surface area contributed by atoms with Crippen LogP contribution in [0.15, 0.2) is 5.03 Å². The van der Waals surface area contributed by atoms with Crippen molar-refractivity contribution in [1.82, 2.24) is 9.78 Å². The Morgan fingerprint density at radius 2 is 2.07 bits per heavy atom. The Labute approximate surface area is 78.7 Å². The Hall–Kier alpha value is -1.61. The molecule has 14 heavy (non-hydrogen) atoms. The van der Waals surface area contributed by atoms with Gasteiger partial charge in [0.05, 0.1) is 0 Å². The third kappa shape index (κ3) is 1.54. The maximum atomic E-state index is 10.7. The summed E-state index contributed by atoms with van der Waals surface area (Å²) in [6.45, 7) is 0. The highest BCUT2D eigenvalue weighted by molar-refractivity contribution is 7.85. The number of aryl methyl sites for hydroxylation is 1. The number of carboxylic acids is 1. The highest BCUT2D eigenvalue weighted by atomic mass is 32.2. The quantitative estimate of drug-likeness (QED) is 0.542. The van der Waals surface area contributed by atoms with Gasteiger partial charge < -0.3 is 10.8 Å². The minimum Gasteiger partial charge on any atom is -0.477 e. The predicted molar refractivity (Wildman–Crippen MR) is 44.4 cm³/mol. The van der Waals surface area contributed by atoms with Gasteiger partial charge in [-0.15, -0.1) is 0 Å². The highest BCUT2D eigenvalue weighted by Crippen LogP contribution is 2.19. The average molecular weight is 221 g/mol. The van der Waals surface area contributed by atoms with E-state index < -0.39 is 26.7 Å². The first-order chi connectivity index (χ1) is 6.25. The summed E-state index contributed by atoms with van der Waals surface area (Å²) in [5.41, 5.74) is 4.52. The van der Waals surface area contributed by atoms with E-state index in [9.17, 15) is 13.2 Å². The molecule has 0 saturated heterocycles. The molecule has 0 radical (unpaired) electrons. The van der Waals surface area contributed by atoms with Gasteiger partial charge in [0.15, 0.2) is 0 Å². The highest BCUT2D eigenvalue weighted by Gasteiger charge is 2.28. The summed E-state index contributed by atoms with van der Waals surface area (Å²) in [6, 6.07) is 0. The van der Waals surface area contributed by atoms with Crippen LogP contribution in [-0.2, 0) is 17.2 Å². The first-order valence-corrected chi connectivity index (χ1v) is 4.72. The van der Waals surface area contributed by atoms with E-state index in [4.69, 9.17) is 15.4 Å². The van der Waals surface area contributed by atoms with Crippen LogP contribution in [0.3, 0.4) is 0 Å². The first-order valence-electron chi connectivity index (χ1n) is 3.28. The third-order valence-electron chi connectivity index (χ3n) is 1.52. The zero-order valence-electron chi connectivity index (χ0n) is 7.00. The average Bonchev–Trinajstić information content (AvgIpc) is 2.27. The molecule has 0 unspecified atom stereocenters. The van der Waals surface area contributed by atoms with E-state index in [2.05, 4.69) is 5.10 Å². The molecule has 0 fully saturated rings. The zero-order chi connectivity index (χ0) is 11.1. The van der Waals surface area contributed by atoms with Gasteiger partial charge >= 0.3 is 16.1 Å². The molecule has 0 bridgehead atoms. The van der Waals surface area contributed by atoms with Gasteiger partial charge in [-0.05, 0) is 0 Å². The normalized spacial score (nSPS) is 11.6. The van der Waals surface area contributed by atoms with Crippen LogP contribution in [0.2, 0.25) is 0 Å². The van der Waals surface area contributed by atoms with Gasteiger partial charge in [0.1, 0.15) is 11.4 Å². The Kier molecular flexibility index (Phi) is 2.21. The van der Waals surface area contributed by atoms with E-state index in [-0.39, 0.29) is 5.82 Å². The maximum absolute atomic E-state index is 10.7. The summed E-state index contributed by atoms with van der Waals surface area (Å²) < 4.78 is 30.9. The molecule has 4 N–H and O–H groups in total. The summed E-state index contributed by atoms with van der Waals surface area (Å²) in [5.74, 6) is -1.91. The lowest BCUT2D eigenvalue weighted by Crippen LogP contribution is -2.08. The molecule has 0 aliphatic carbocycles. The van der Waals surface area contributed by atoms with Gasteiger partial charge in [0.2, 0.25) is 5.03 Å². The van der Waals surface area contributed by atoms with Crippen LogP contribution in [-0.4, -0.2) is 33.8 Å². The molecular formula is C5H7N3O5S. The van der Waals surface area contributed by atoms with Crippen LogP contribution in [0.4, 0.5) is 5.82 Å². The second-order valence-electron chi connectivity index (χ2n) is 2.47. The lowest BCUT2D eigenvalue weighted by Gasteiger charge is -1.94. The number of carbonyl (C=O) groups is 1. The van der Waals surface area contributed by atoms with Crippen LogP contribution in [0, 0.1) is 0 Å². The second-order valence-corrected chi connectivity index (χ2v) is 3.81. The molecule has 0 saturated carbocycles. The number of nitrogen functional groups attached to an aromatic ring is 1. The van der Waals surface area contributed by atoms with Crippen molar-refractivity contribution in [2.24, 2.45) is 7.05 Å². The lowest BCUT2D eigenvalue weighted by molar-refractivity contribution is 0.0693. The van der Waals surface area contributed by atoms with Gasteiger partial charge in [-0.25, -0.2) is 4.79 Å². The summed E-state index contributed by atoms with van der Waals surface area (Å²) in [5, 5.41) is 10.9. The van der Waals surface area contributed by atoms with Crippen molar-refractivity contribution in [3.63, 3.8) is 0 Å². The van der Waals surface area contributed by atoms with Gasteiger partial charge in [-0.2, -0.15) is 13.5 Å². The molecule has 0 aliphatic rings. The Bertz CT molecular complexity index is 488. The number of nitrogens with zero attached hydrogens (tertiary/aromatic N) is 2. The molecule has 78 valence electrons. The minimum absolute atomic E-state index is 0.342. The van der Waals surface area contributed by atoms with E-state index in [0.29, 0.717) is 0 Å². The number of rotatable bonds is 2. The van der Waals surface area contributed by atoms with Crippen molar-refractivity contribution >= 4 is 21.9 Å². The van der Waals surface area contributed by atoms with E-state index in [1.165, 1.54) is 7.05 Å². The van der Waals surface area contributed by atoms with E-state index in [1.54, 1.807) is 0 Å². The lowest BCUT2D eigenvalue weighted by atomic mass is 10.3. The van der Waals surface area contributed by atoms with Gasteiger partial charge in [-0.3, -0.25) is 9.23 Å². The van der Waals surface area contributed by atoms with Gasteiger partial charge in [0.25, 0.3) is 0 Å². The maximum Gasteiger partial charge on any atom is 0.342 e. The number of carboxylic acid groups (broad SMARTS) is 1. The van der Waals surface area contributed by atoms with Crippen LogP contribution in [0.25, 0.3) is 0 Å². The van der Waals surface area contributed by atoms with Gasteiger partial charge in [-0.1, -0.05) is 0 Å². The predicted octanol–water partition coefficient (Wildman–Crippen LogP) is -1.05. The van der Waals surface area contributed by atoms with Crippen LogP contribution in [0.5, 0.6) is 0 Å². The number of nitrogens with two attached hydrogens (primary N) is 1. The van der Waals surface area contributed by atoms with Crippen molar-refractivity contribution in [1.29, 1.82) is 0 Å². The van der Waals surface area contributed by atoms with Crippen LogP contribution < -0.4 is 5.73 Å². The summed E-state index contributed by atoms with van der Waals surface area (Å²) >= 11 is 0. The largest absolute Gasteiger partial charge is 0.477 e. The molecule has 0 aromatic carbocycles. The summed E-state index contributed by atoms with van der Waals surface area (Å²) in [4.78, 5) is 10.6. The fraction of sp³-hybridized carbons (Fsp3) is 0.200. The number of aromatic carboxylic acids is 1. The molecule has 0 spiro atoms. The molecule has 0 aliphatic heterocycles. The molecule has 1 heterocycles. The summed E-state index contributed by atoms with van der Waals surface area (Å²) in [6.07, 6.45) is 0. The van der Waals surface area contributed by atoms with Gasteiger partial charge in [0, 0.05) is 7.05 Å². The number of hydrogen-bond acceptors (Lipinski definition) is 5. The molecule has 1 aromatic rings. The third-order valence-corrected chi connectivity index (χ3v) is 2.29. The van der Waals surface area contributed by atoms with E-state index in [1.807, 2.05) is 0 Å². The smallest absolute Gasteiger partial charge is 0.342 e. The fourth-order valence-electron chi connectivity index (χ4n) is 0.893. The minimum atomic E-state index is -4.67. The van der Waals surface area contributed by atoms with Crippen LogP contribution in [0.1, 0.15) is 10.4 Å². The SMILES string of the molecule is Cn1nc(S(=O)(=O)O)c(C(=O)O)c1N. The van der Waals surface area contributed by atoms with E-state index in [0.717, 1.165) is 4.68 Å². The molecule has 0 amide bonds.